The molecule has 3 rings (SSSR count). The lowest BCUT2D eigenvalue weighted by Crippen LogP contribution is -2.39. The minimum Gasteiger partial charge on any atom is -0.480 e. The van der Waals surface area contributed by atoms with Gasteiger partial charge in [0.25, 0.3) is 5.69 Å². The molecule has 162 valence electrons. The Hall–Kier alpha value is -3.20. The number of carboxylic acids is 1. The summed E-state index contributed by atoms with van der Waals surface area (Å²) in [6, 6.07) is 7.35. The van der Waals surface area contributed by atoms with Crippen LogP contribution in [0.15, 0.2) is 40.2 Å². The van der Waals surface area contributed by atoms with Crippen molar-refractivity contribution in [3.63, 3.8) is 0 Å². The number of thioether (sulfide) groups is 1. The van der Waals surface area contributed by atoms with Gasteiger partial charge in [-0.1, -0.05) is 29.5 Å². The monoisotopic (exact) mass is 441 g/mol. The molecule has 2 aromatic carbocycles. The summed E-state index contributed by atoms with van der Waals surface area (Å²) in [6.07, 6.45) is 1.78. The number of benzene rings is 2. The zero-order chi connectivity index (χ0) is 22.7. The Morgan fingerprint density at radius 3 is 2.52 bits per heavy atom. The first-order chi connectivity index (χ1) is 14.7. The highest BCUT2D eigenvalue weighted by Crippen LogP contribution is 2.34. The van der Waals surface area contributed by atoms with Gasteiger partial charge in [0.05, 0.1) is 10.6 Å². The zero-order valence-corrected chi connectivity index (χ0v) is 18.3. The Morgan fingerprint density at radius 2 is 1.94 bits per heavy atom. The lowest BCUT2D eigenvalue weighted by molar-refractivity contribution is -0.384. The van der Waals surface area contributed by atoms with Crippen LogP contribution in [0.1, 0.15) is 39.9 Å². The molecule has 1 N–H and O–H groups in total. The predicted octanol–water partition coefficient (Wildman–Crippen LogP) is 4.66. The van der Waals surface area contributed by atoms with Gasteiger partial charge < -0.3 is 10.0 Å². The number of aldehydes is 1. The van der Waals surface area contributed by atoms with E-state index < -0.39 is 16.9 Å². The van der Waals surface area contributed by atoms with E-state index in [9.17, 15) is 24.8 Å². The van der Waals surface area contributed by atoms with Gasteiger partial charge in [0, 0.05) is 29.1 Å². The molecule has 2 aromatic rings. The molecular weight excluding hydrogens is 418 g/mol. The van der Waals surface area contributed by atoms with Crippen molar-refractivity contribution < 1.29 is 19.6 Å². The number of carbonyl (C=O) groups is 2. The molecule has 1 heterocycles. The van der Waals surface area contributed by atoms with E-state index in [-0.39, 0.29) is 11.3 Å². The van der Waals surface area contributed by atoms with E-state index in [1.54, 1.807) is 4.90 Å². The highest BCUT2D eigenvalue weighted by Gasteiger charge is 2.34. The third-order valence-corrected chi connectivity index (χ3v) is 6.26. The molecule has 0 aliphatic carbocycles. The van der Waals surface area contributed by atoms with Crippen molar-refractivity contribution in [1.29, 1.82) is 0 Å². The molecule has 0 amide bonds. The molecule has 0 bridgehead atoms. The molecule has 1 aliphatic heterocycles. The number of nitro groups is 1. The van der Waals surface area contributed by atoms with Crippen LogP contribution in [-0.4, -0.2) is 44.9 Å². The van der Waals surface area contributed by atoms with E-state index in [1.807, 2.05) is 32.9 Å². The van der Waals surface area contributed by atoms with Crippen LogP contribution < -0.4 is 0 Å². The maximum Gasteiger partial charge on any atom is 0.326 e. The van der Waals surface area contributed by atoms with Crippen LogP contribution in [0.2, 0.25) is 0 Å². The van der Waals surface area contributed by atoms with E-state index in [2.05, 4.69) is 0 Å². The Bertz CT molecular complexity index is 1060. The van der Waals surface area contributed by atoms with Crippen LogP contribution in [0.4, 0.5) is 11.4 Å². The topological polar surface area (TPSA) is 113 Å². The number of likely N-dealkylation sites (tertiary alicyclic amines) is 1. The Balaban J connectivity index is 2.11. The molecule has 8 nitrogen and oxygen atoms in total. The van der Waals surface area contributed by atoms with Gasteiger partial charge in [0.1, 0.15) is 6.04 Å². The van der Waals surface area contributed by atoms with Gasteiger partial charge in [-0.15, -0.1) is 0 Å². The van der Waals surface area contributed by atoms with E-state index in [4.69, 9.17) is 4.99 Å². The molecule has 0 radical (unpaired) electrons. The number of nitro benzene ring substituents is 1. The van der Waals surface area contributed by atoms with Gasteiger partial charge in [-0.05, 0) is 50.8 Å². The first kappa shape index (κ1) is 22.5. The summed E-state index contributed by atoms with van der Waals surface area (Å²) in [5.74, 6) is -0.928. The second-order valence-corrected chi connectivity index (χ2v) is 8.54. The third-order valence-electron chi connectivity index (χ3n) is 5.16. The number of aliphatic imine (C=N–C) groups is 1. The number of aliphatic carboxylic acids is 1. The van der Waals surface area contributed by atoms with Gasteiger partial charge in [-0.3, -0.25) is 14.9 Å². The van der Waals surface area contributed by atoms with Gasteiger partial charge in [-0.25, -0.2) is 9.79 Å². The summed E-state index contributed by atoms with van der Waals surface area (Å²) < 4.78 is 0. The van der Waals surface area contributed by atoms with E-state index in [0.29, 0.717) is 35.7 Å². The molecule has 0 saturated carbocycles. The molecule has 31 heavy (non-hydrogen) atoms. The molecule has 1 atom stereocenters. The zero-order valence-electron chi connectivity index (χ0n) is 17.5. The smallest absolute Gasteiger partial charge is 0.326 e. The SMILES string of the molecule is Cc1cc(C)c(N=C(Sc2ccc([N+](=O)[O-])cc2C=O)N2CCCC2C(=O)O)c(C)c1. The Morgan fingerprint density at radius 1 is 1.26 bits per heavy atom. The first-order valence-electron chi connectivity index (χ1n) is 9.78. The summed E-state index contributed by atoms with van der Waals surface area (Å²) in [7, 11) is 0. The molecule has 0 spiro atoms. The average molecular weight is 442 g/mol. The number of aryl methyl sites for hydroxylation is 3. The summed E-state index contributed by atoms with van der Waals surface area (Å²) in [4.78, 5) is 41.0. The standard InChI is InChI=1S/C22H23N3O5S/c1-13-9-14(2)20(15(3)10-13)23-22(24-8-4-5-18(24)21(27)28)31-19-7-6-17(25(29)30)11-16(19)12-26/h6-7,9-12,18H,4-5,8H2,1-3H3,(H,27,28). The molecule has 1 fully saturated rings. The molecule has 1 saturated heterocycles. The fourth-order valence-corrected chi connectivity index (χ4v) is 4.81. The maximum atomic E-state index is 11.8. The summed E-state index contributed by atoms with van der Waals surface area (Å²) in [5, 5.41) is 21.2. The highest BCUT2D eigenvalue weighted by molar-refractivity contribution is 8.13. The number of hydrogen-bond donors (Lipinski definition) is 1. The average Bonchev–Trinajstić information content (AvgIpc) is 3.19. The second-order valence-electron chi connectivity index (χ2n) is 7.53. The Labute approximate surface area is 184 Å². The third kappa shape index (κ3) is 4.93. The van der Waals surface area contributed by atoms with Crippen LogP contribution >= 0.6 is 11.8 Å². The maximum absolute atomic E-state index is 11.8. The molecule has 9 heteroatoms. The number of nitrogens with zero attached hydrogens (tertiary/aromatic N) is 3. The minimum atomic E-state index is -0.928. The number of non-ortho nitro benzene ring substituents is 1. The van der Waals surface area contributed by atoms with Gasteiger partial charge in [-0.2, -0.15) is 0 Å². The van der Waals surface area contributed by atoms with Crippen molar-refractivity contribution in [3.8, 4) is 0 Å². The normalized spacial score (nSPS) is 16.4. The van der Waals surface area contributed by atoms with E-state index in [1.165, 1.54) is 18.2 Å². The van der Waals surface area contributed by atoms with Gasteiger partial charge in [0.2, 0.25) is 0 Å². The van der Waals surface area contributed by atoms with Crippen LogP contribution in [0.25, 0.3) is 0 Å². The predicted molar refractivity (Wildman–Crippen MR) is 119 cm³/mol. The fraction of sp³-hybridized carbons (Fsp3) is 0.318. The molecular formula is C22H23N3O5S. The number of carbonyl (C=O) groups excluding carboxylic acids is 1. The van der Waals surface area contributed by atoms with Gasteiger partial charge in [0.15, 0.2) is 11.5 Å². The van der Waals surface area contributed by atoms with Gasteiger partial charge >= 0.3 is 5.97 Å². The van der Waals surface area contributed by atoms with Crippen LogP contribution in [0.3, 0.4) is 0 Å². The lowest BCUT2D eigenvalue weighted by atomic mass is 10.1. The minimum absolute atomic E-state index is 0.162. The van der Waals surface area contributed by atoms with Crippen molar-refractivity contribution in [2.24, 2.45) is 4.99 Å². The number of amidine groups is 1. The van der Waals surface area contributed by atoms with Crippen molar-refractivity contribution in [3.05, 3.63) is 62.7 Å². The largest absolute Gasteiger partial charge is 0.480 e. The number of rotatable bonds is 5. The number of hydrogen-bond acceptors (Lipinski definition) is 6. The molecule has 0 aromatic heterocycles. The quantitative estimate of drug-likeness (QED) is 0.179. The second kappa shape index (κ2) is 9.30. The van der Waals surface area contributed by atoms with Crippen molar-refractivity contribution in [2.45, 2.75) is 44.6 Å². The van der Waals surface area contributed by atoms with Crippen molar-refractivity contribution >= 4 is 40.6 Å². The summed E-state index contributed by atoms with van der Waals surface area (Å²) in [6.45, 7) is 6.42. The molecule has 1 unspecified atom stereocenters. The van der Waals surface area contributed by atoms with E-state index in [0.717, 1.165) is 34.1 Å². The molecule has 1 aliphatic rings. The summed E-state index contributed by atoms with van der Waals surface area (Å²) >= 11 is 1.15. The highest BCUT2D eigenvalue weighted by atomic mass is 32.2. The van der Waals surface area contributed by atoms with Crippen molar-refractivity contribution in [1.82, 2.24) is 4.90 Å². The van der Waals surface area contributed by atoms with Crippen LogP contribution in [0, 0.1) is 30.9 Å². The first-order valence-corrected chi connectivity index (χ1v) is 10.6. The summed E-state index contributed by atoms with van der Waals surface area (Å²) in [5.41, 5.74) is 3.75. The van der Waals surface area contributed by atoms with Crippen molar-refractivity contribution in [2.75, 3.05) is 6.54 Å². The van der Waals surface area contributed by atoms with Crippen LogP contribution in [0.5, 0.6) is 0 Å². The fourth-order valence-electron chi connectivity index (χ4n) is 3.78. The van der Waals surface area contributed by atoms with Crippen LogP contribution in [-0.2, 0) is 4.79 Å². The number of carboxylic acid groups (broad SMARTS) is 1. The van der Waals surface area contributed by atoms with E-state index >= 15 is 0 Å². The lowest BCUT2D eigenvalue weighted by Gasteiger charge is -2.25. The Kier molecular flexibility index (Phi) is 6.74.